The maximum absolute atomic E-state index is 13.4. The second kappa shape index (κ2) is 10.2. The van der Waals surface area contributed by atoms with Crippen molar-refractivity contribution >= 4 is 17.8 Å². The fourth-order valence-corrected chi connectivity index (χ4v) is 4.81. The van der Waals surface area contributed by atoms with Crippen molar-refractivity contribution in [3.8, 4) is 0 Å². The molecule has 33 heavy (non-hydrogen) atoms. The molecule has 0 radical (unpaired) electrons. The number of hydrogen-bond acceptors (Lipinski definition) is 5. The van der Waals surface area contributed by atoms with E-state index < -0.39 is 30.2 Å². The molecule has 2 aliphatic heterocycles. The first-order valence-corrected chi connectivity index (χ1v) is 11.6. The Morgan fingerprint density at radius 1 is 0.970 bits per heavy atom. The van der Waals surface area contributed by atoms with E-state index in [1.165, 1.54) is 0 Å². The van der Waals surface area contributed by atoms with Gasteiger partial charge in [-0.15, -0.1) is 0 Å². The van der Waals surface area contributed by atoms with Gasteiger partial charge in [-0.3, -0.25) is 9.59 Å². The first kappa shape index (κ1) is 23.0. The molecule has 0 bridgehead atoms. The molecule has 2 heterocycles. The summed E-state index contributed by atoms with van der Waals surface area (Å²) in [4.78, 5) is 40.6. The van der Waals surface area contributed by atoms with Crippen molar-refractivity contribution in [1.82, 2.24) is 10.2 Å². The van der Waals surface area contributed by atoms with E-state index in [0.717, 1.165) is 30.4 Å². The average molecular weight is 450 g/mol. The number of benzene rings is 2. The van der Waals surface area contributed by atoms with E-state index in [1.807, 2.05) is 60.7 Å². The van der Waals surface area contributed by atoms with E-state index in [-0.39, 0.29) is 17.9 Å². The number of esters is 1. The minimum atomic E-state index is -0.700. The maximum atomic E-state index is 13.4. The Morgan fingerprint density at radius 3 is 2.15 bits per heavy atom. The van der Waals surface area contributed by atoms with Crippen LogP contribution in [0.1, 0.15) is 56.3 Å². The van der Waals surface area contributed by atoms with Gasteiger partial charge >= 0.3 is 5.97 Å². The van der Waals surface area contributed by atoms with Crippen molar-refractivity contribution in [1.29, 1.82) is 0 Å². The summed E-state index contributed by atoms with van der Waals surface area (Å²) in [5, 5.41) is 2.77. The number of amides is 2. The lowest BCUT2D eigenvalue weighted by atomic mass is 10.0. The normalized spacial score (nSPS) is 23.5. The van der Waals surface area contributed by atoms with Gasteiger partial charge in [-0.25, -0.2) is 4.79 Å². The fraction of sp³-hybridized carbons (Fsp3) is 0.423. The molecule has 4 atom stereocenters. The fourth-order valence-electron chi connectivity index (χ4n) is 4.81. The van der Waals surface area contributed by atoms with E-state index >= 15 is 0 Å². The molecule has 0 spiro atoms. The van der Waals surface area contributed by atoms with Gasteiger partial charge in [-0.05, 0) is 50.2 Å². The highest BCUT2D eigenvalue weighted by Crippen LogP contribution is 2.34. The van der Waals surface area contributed by atoms with Crippen LogP contribution < -0.4 is 11.1 Å². The number of nitrogens with two attached hydrogens (primary N) is 1. The summed E-state index contributed by atoms with van der Waals surface area (Å²) >= 11 is 0. The molecule has 2 aromatic rings. The standard InChI is InChI=1S/C26H31N3O4/c1-17(27)24(30)28-21-14-8-13-20-15-16-22(29(20)25(21)31)26(32)33-23(18-9-4-2-5-10-18)19-11-6-3-7-12-19/h2-7,9-12,17,20-23H,8,13-16,27H2,1H3,(H,28,30)/t17-,20-,21-,22-/m0/s1. The predicted molar refractivity (Wildman–Crippen MR) is 124 cm³/mol. The van der Waals surface area contributed by atoms with Crippen LogP contribution in [0, 0.1) is 0 Å². The van der Waals surface area contributed by atoms with Gasteiger partial charge in [0.25, 0.3) is 0 Å². The quantitative estimate of drug-likeness (QED) is 0.661. The molecule has 2 aliphatic rings. The summed E-state index contributed by atoms with van der Waals surface area (Å²) in [5.74, 6) is -0.997. The minimum absolute atomic E-state index is 0.0147. The van der Waals surface area contributed by atoms with Gasteiger partial charge in [0.15, 0.2) is 6.10 Å². The lowest BCUT2D eigenvalue weighted by Crippen LogP contribution is -2.54. The Morgan fingerprint density at radius 2 is 1.58 bits per heavy atom. The van der Waals surface area contributed by atoms with Gasteiger partial charge in [0, 0.05) is 6.04 Å². The third-order valence-electron chi connectivity index (χ3n) is 6.53. The zero-order valence-corrected chi connectivity index (χ0v) is 18.9. The van der Waals surface area contributed by atoms with Crippen molar-refractivity contribution in [2.75, 3.05) is 0 Å². The van der Waals surface area contributed by atoms with Gasteiger partial charge < -0.3 is 20.7 Å². The van der Waals surface area contributed by atoms with Crippen LogP contribution in [0.15, 0.2) is 60.7 Å². The maximum Gasteiger partial charge on any atom is 0.329 e. The topological polar surface area (TPSA) is 102 Å². The smallest absolute Gasteiger partial charge is 0.329 e. The first-order chi connectivity index (χ1) is 16.0. The van der Waals surface area contributed by atoms with Gasteiger partial charge in [0.05, 0.1) is 6.04 Å². The zero-order valence-electron chi connectivity index (χ0n) is 18.9. The average Bonchev–Trinajstić information content (AvgIpc) is 3.19. The van der Waals surface area contributed by atoms with E-state index in [2.05, 4.69) is 5.32 Å². The molecule has 7 heteroatoms. The number of fused-ring (bicyclic) bond motifs is 1. The summed E-state index contributed by atoms with van der Waals surface area (Å²) in [5.41, 5.74) is 7.42. The molecule has 4 rings (SSSR count). The predicted octanol–water partition coefficient (Wildman–Crippen LogP) is 2.69. The Labute approximate surface area is 194 Å². The highest BCUT2D eigenvalue weighted by atomic mass is 16.5. The monoisotopic (exact) mass is 449 g/mol. The van der Waals surface area contributed by atoms with Crippen molar-refractivity contribution in [2.45, 2.75) is 69.3 Å². The van der Waals surface area contributed by atoms with E-state index in [1.54, 1.807) is 11.8 Å². The minimum Gasteiger partial charge on any atom is -0.451 e. The zero-order chi connectivity index (χ0) is 23.4. The Bertz CT molecular complexity index is 940. The highest BCUT2D eigenvalue weighted by Gasteiger charge is 2.46. The van der Waals surface area contributed by atoms with Crippen LogP contribution >= 0.6 is 0 Å². The molecular weight excluding hydrogens is 418 g/mol. The summed E-state index contributed by atoms with van der Waals surface area (Å²) in [6.07, 6.45) is 2.90. The molecule has 2 saturated heterocycles. The number of nitrogens with one attached hydrogen (secondary N) is 1. The lowest BCUT2D eigenvalue weighted by Gasteiger charge is -2.31. The summed E-state index contributed by atoms with van der Waals surface area (Å²) in [6.45, 7) is 1.59. The molecule has 174 valence electrons. The number of hydrogen-bond donors (Lipinski definition) is 2. The molecule has 0 aliphatic carbocycles. The van der Waals surface area contributed by atoms with Gasteiger partial charge in [-0.1, -0.05) is 60.7 Å². The molecule has 2 amide bonds. The van der Waals surface area contributed by atoms with Crippen LogP contribution in [-0.4, -0.2) is 46.9 Å². The van der Waals surface area contributed by atoms with Crippen molar-refractivity contribution in [2.24, 2.45) is 5.73 Å². The van der Waals surface area contributed by atoms with E-state index in [0.29, 0.717) is 12.8 Å². The Hall–Kier alpha value is -3.19. The lowest BCUT2D eigenvalue weighted by molar-refractivity contribution is -0.158. The molecule has 0 saturated carbocycles. The number of carbonyl (C=O) groups is 3. The summed E-state index contributed by atoms with van der Waals surface area (Å²) in [6, 6.07) is 17.2. The third kappa shape index (κ3) is 5.09. The molecule has 2 aromatic carbocycles. The van der Waals surface area contributed by atoms with Crippen molar-refractivity contribution in [3.63, 3.8) is 0 Å². The van der Waals surface area contributed by atoms with Crippen LogP contribution in [-0.2, 0) is 19.1 Å². The van der Waals surface area contributed by atoms with Gasteiger partial charge in [0.1, 0.15) is 12.1 Å². The number of nitrogens with zero attached hydrogens (tertiary/aromatic N) is 1. The van der Waals surface area contributed by atoms with Crippen LogP contribution in [0.25, 0.3) is 0 Å². The van der Waals surface area contributed by atoms with Gasteiger partial charge in [-0.2, -0.15) is 0 Å². The van der Waals surface area contributed by atoms with Crippen molar-refractivity contribution in [3.05, 3.63) is 71.8 Å². The second-order valence-corrected chi connectivity index (χ2v) is 8.91. The number of ether oxygens (including phenoxy) is 1. The van der Waals surface area contributed by atoms with Gasteiger partial charge in [0.2, 0.25) is 11.8 Å². The SMILES string of the molecule is C[C@H](N)C(=O)N[C@H]1CCC[C@H]2CC[C@@H](C(=O)OC(c3ccccc3)c3ccccc3)N2C1=O. The molecule has 0 aromatic heterocycles. The summed E-state index contributed by atoms with van der Waals surface area (Å²) < 4.78 is 6.06. The Kier molecular flexibility index (Phi) is 7.08. The molecule has 3 N–H and O–H groups in total. The van der Waals surface area contributed by atoms with Crippen LogP contribution in [0.5, 0.6) is 0 Å². The van der Waals surface area contributed by atoms with E-state index in [9.17, 15) is 14.4 Å². The third-order valence-corrected chi connectivity index (χ3v) is 6.53. The van der Waals surface area contributed by atoms with E-state index in [4.69, 9.17) is 10.5 Å². The number of rotatable bonds is 6. The van der Waals surface area contributed by atoms with Crippen LogP contribution in [0.4, 0.5) is 0 Å². The molecule has 2 fully saturated rings. The first-order valence-electron chi connectivity index (χ1n) is 11.6. The molecular formula is C26H31N3O4. The summed E-state index contributed by atoms with van der Waals surface area (Å²) in [7, 11) is 0. The largest absolute Gasteiger partial charge is 0.451 e. The Balaban J connectivity index is 1.55. The highest BCUT2D eigenvalue weighted by molar-refractivity contribution is 5.92. The van der Waals surface area contributed by atoms with Crippen LogP contribution in [0.2, 0.25) is 0 Å². The number of carbonyl (C=O) groups excluding carboxylic acids is 3. The molecule has 7 nitrogen and oxygen atoms in total. The van der Waals surface area contributed by atoms with Crippen LogP contribution in [0.3, 0.4) is 0 Å². The van der Waals surface area contributed by atoms with Crippen molar-refractivity contribution < 1.29 is 19.1 Å². The molecule has 0 unspecified atom stereocenters. The second-order valence-electron chi connectivity index (χ2n) is 8.91.